The molecule has 6 heteroatoms. The number of aryl methyl sites for hydroxylation is 3. The highest BCUT2D eigenvalue weighted by molar-refractivity contribution is 6.11. The minimum atomic E-state index is 0.928. The van der Waals surface area contributed by atoms with Gasteiger partial charge in [-0.25, -0.2) is 0 Å². The van der Waals surface area contributed by atoms with Crippen LogP contribution in [0.2, 0.25) is 0 Å². The van der Waals surface area contributed by atoms with Crippen LogP contribution < -0.4 is 9.80 Å². The molecule has 0 amide bonds. The fourth-order valence-electron chi connectivity index (χ4n) is 7.64. The van der Waals surface area contributed by atoms with E-state index in [9.17, 15) is 0 Å². The number of anilines is 2. The van der Waals surface area contributed by atoms with Gasteiger partial charge in [-0.2, -0.15) is 0 Å². The molecule has 0 saturated carbocycles. The summed E-state index contributed by atoms with van der Waals surface area (Å²) in [4.78, 5) is 14.1. The minimum Gasteiger partial charge on any atom is -0.455 e. The van der Waals surface area contributed by atoms with Gasteiger partial charge < -0.3 is 24.0 Å². The first-order valence-electron chi connectivity index (χ1n) is 19.1. The SMILES string of the molecule is Cc1ccc2c(c1)oc1c(-c3ccccn3)ccc(CCCCCCc3ccc(N4C=CN(CCCCN5C=CN(c6ccccc6)C5)C4)cc3)c12. The van der Waals surface area contributed by atoms with Crippen molar-refractivity contribution in [3.63, 3.8) is 0 Å². The van der Waals surface area contributed by atoms with Crippen molar-refractivity contribution in [2.45, 2.75) is 58.3 Å². The van der Waals surface area contributed by atoms with E-state index >= 15 is 0 Å². The molecule has 0 N–H and O–H groups in total. The van der Waals surface area contributed by atoms with E-state index in [-0.39, 0.29) is 0 Å². The normalized spacial score (nSPS) is 14.2. The molecule has 2 aliphatic rings. The molecule has 264 valence electrons. The van der Waals surface area contributed by atoms with Gasteiger partial charge in [-0.1, -0.05) is 67.4 Å². The zero-order valence-corrected chi connectivity index (χ0v) is 30.3. The third kappa shape index (κ3) is 7.71. The van der Waals surface area contributed by atoms with Gasteiger partial charge in [-0.3, -0.25) is 4.98 Å². The number of benzene rings is 4. The van der Waals surface area contributed by atoms with Crippen molar-refractivity contribution in [1.82, 2.24) is 14.8 Å². The van der Waals surface area contributed by atoms with Gasteiger partial charge in [0.25, 0.3) is 0 Å². The second-order valence-electron chi connectivity index (χ2n) is 14.4. The van der Waals surface area contributed by atoms with E-state index in [1.54, 1.807) is 0 Å². The molecule has 0 bridgehead atoms. The van der Waals surface area contributed by atoms with E-state index in [1.807, 2.05) is 18.3 Å². The van der Waals surface area contributed by atoms with Gasteiger partial charge in [0.05, 0.1) is 19.0 Å². The lowest BCUT2D eigenvalue weighted by atomic mass is 9.96. The van der Waals surface area contributed by atoms with Crippen molar-refractivity contribution in [1.29, 1.82) is 0 Å². The first-order valence-corrected chi connectivity index (χ1v) is 19.1. The Hall–Kier alpha value is -5.49. The third-order valence-electron chi connectivity index (χ3n) is 10.5. The molecule has 0 saturated heterocycles. The highest BCUT2D eigenvalue weighted by atomic mass is 16.3. The molecule has 4 aromatic carbocycles. The van der Waals surface area contributed by atoms with Gasteiger partial charge in [0.15, 0.2) is 0 Å². The number of hydrogen-bond acceptors (Lipinski definition) is 6. The molecule has 6 aromatic rings. The van der Waals surface area contributed by atoms with Crippen LogP contribution >= 0.6 is 0 Å². The molecule has 8 rings (SSSR count). The standard InChI is InChI=1S/C46H49N5O/c1-36-18-24-42-44(33-36)52-46-41(43-17-9-10-26-47-43)25-21-38(45(42)46)14-6-3-2-5-13-37-19-22-40(23-20-37)51-32-30-49(35-51)28-12-11-27-48-29-31-50(34-48)39-15-7-4-8-16-39/h4,7-10,15-26,29-33H,2-3,5-6,11-14,27-28,34-35H2,1H3. The molecular weight excluding hydrogens is 639 g/mol. The number of fused-ring (bicyclic) bond motifs is 3. The summed E-state index contributed by atoms with van der Waals surface area (Å²) in [7, 11) is 0. The van der Waals surface area contributed by atoms with Crippen LogP contribution in [0, 0.1) is 6.92 Å². The van der Waals surface area contributed by atoms with Gasteiger partial charge in [0.2, 0.25) is 0 Å². The molecule has 2 aliphatic heterocycles. The molecule has 0 radical (unpaired) electrons. The Bertz CT molecular complexity index is 2140. The Morgan fingerprint density at radius 3 is 2.02 bits per heavy atom. The van der Waals surface area contributed by atoms with E-state index in [0.717, 1.165) is 61.7 Å². The highest BCUT2D eigenvalue weighted by Gasteiger charge is 2.18. The molecule has 0 unspecified atom stereocenters. The second-order valence-corrected chi connectivity index (χ2v) is 14.4. The highest BCUT2D eigenvalue weighted by Crippen LogP contribution is 2.38. The molecule has 2 aromatic heterocycles. The van der Waals surface area contributed by atoms with E-state index < -0.39 is 0 Å². The van der Waals surface area contributed by atoms with Gasteiger partial charge in [-0.05, 0) is 111 Å². The quantitative estimate of drug-likeness (QED) is 0.100. The van der Waals surface area contributed by atoms with Crippen LogP contribution in [0.15, 0.2) is 139 Å². The Morgan fingerprint density at radius 1 is 0.615 bits per heavy atom. The van der Waals surface area contributed by atoms with Crippen molar-refractivity contribution >= 4 is 33.3 Å². The maximum absolute atomic E-state index is 6.50. The smallest absolute Gasteiger partial charge is 0.145 e. The van der Waals surface area contributed by atoms with Crippen LogP contribution in [0.4, 0.5) is 11.4 Å². The van der Waals surface area contributed by atoms with Crippen LogP contribution in [-0.4, -0.2) is 41.2 Å². The molecular formula is C46H49N5O. The van der Waals surface area contributed by atoms with Gasteiger partial charge in [-0.15, -0.1) is 0 Å². The Kier molecular flexibility index (Phi) is 10.2. The zero-order chi connectivity index (χ0) is 35.1. The lowest BCUT2D eigenvalue weighted by molar-refractivity contribution is 0.354. The van der Waals surface area contributed by atoms with Gasteiger partial charge >= 0.3 is 0 Å². The van der Waals surface area contributed by atoms with Crippen LogP contribution in [-0.2, 0) is 12.8 Å². The average Bonchev–Trinajstić information content (AvgIpc) is 3.95. The summed E-state index contributed by atoms with van der Waals surface area (Å²) in [5, 5.41) is 2.45. The number of pyridine rings is 1. The van der Waals surface area contributed by atoms with Crippen molar-refractivity contribution < 1.29 is 4.42 Å². The molecule has 0 fully saturated rings. The van der Waals surface area contributed by atoms with Crippen molar-refractivity contribution in [2.75, 3.05) is 36.2 Å². The molecule has 0 atom stereocenters. The first kappa shape index (κ1) is 33.6. The second kappa shape index (κ2) is 15.8. The third-order valence-corrected chi connectivity index (χ3v) is 10.5. The van der Waals surface area contributed by atoms with Crippen LogP contribution in [0.1, 0.15) is 55.2 Å². The van der Waals surface area contributed by atoms with Gasteiger partial charge in [0, 0.05) is 71.8 Å². The Labute approximate surface area is 308 Å². The summed E-state index contributed by atoms with van der Waals surface area (Å²) in [5.74, 6) is 0. The monoisotopic (exact) mass is 687 g/mol. The molecule has 6 nitrogen and oxygen atoms in total. The number of aromatic nitrogens is 1. The van der Waals surface area contributed by atoms with Crippen molar-refractivity contribution in [3.05, 3.63) is 151 Å². The summed E-state index contributed by atoms with van der Waals surface area (Å²) in [6.07, 6.45) is 20.2. The van der Waals surface area contributed by atoms with Crippen LogP contribution in [0.3, 0.4) is 0 Å². The number of unbranched alkanes of at least 4 members (excludes halogenated alkanes) is 4. The van der Waals surface area contributed by atoms with Crippen LogP contribution in [0.25, 0.3) is 33.2 Å². The Balaban J connectivity index is 0.757. The minimum absolute atomic E-state index is 0.928. The van der Waals surface area contributed by atoms with Crippen molar-refractivity contribution in [3.8, 4) is 11.3 Å². The zero-order valence-electron chi connectivity index (χ0n) is 30.3. The molecule has 0 aliphatic carbocycles. The number of furan rings is 1. The number of para-hydroxylation sites is 1. The topological polar surface area (TPSA) is 39.0 Å². The Morgan fingerprint density at radius 2 is 1.31 bits per heavy atom. The van der Waals surface area contributed by atoms with E-state index in [1.165, 1.54) is 77.4 Å². The summed E-state index contributed by atoms with van der Waals surface area (Å²) in [5.41, 5.74) is 10.5. The summed E-state index contributed by atoms with van der Waals surface area (Å²) in [6, 6.07) is 36.9. The first-order chi connectivity index (χ1) is 25.7. The number of hydrogen-bond donors (Lipinski definition) is 0. The van der Waals surface area contributed by atoms with E-state index in [2.05, 4.69) is 147 Å². The number of nitrogens with zero attached hydrogens (tertiary/aromatic N) is 5. The fourth-order valence-corrected chi connectivity index (χ4v) is 7.64. The van der Waals surface area contributed by atoms with E-state index in [4.69, 9.17) is 4.42 Å². The molecule has 52 heavy (non-hydrogen) atoms. The lowest BCUT2D eigenvalue weighted by Gasteiger charge is -2.23. The summed E-state index contributed by atoms with van der Waals surface area (Å²) >= 11 is 0. The molecule has 4 heterocycles. The maximum Gasteiger partial charge on any atom is 0.145 e. The fraction of sp³-hybridized carbons (Fsp3) is 0.283. The summed E-state index contributed by atoms with van der Waals surface area (Å²) < 4.78 is 6.50. The van der Waals surface area contributed by atoms with E-state index in [0.29, 0.717) is 0 Å². The maximum atomic E-state index is 6.50. The van der Waals surface area contributed by atoms with Crippen LogP contribution in [0.5, 0.6) is 0 Å². The largest absolute Gasteiger partial charge is 0.455 e. The lowest BCUT2D eigenvalue weighted by Crippen LogP contribution is -2.27. The molecule has 0 spiro atoms. The van der Waals surface area contributed by atoms with Crippen molar-refractivity contribution in [2.24, 2.45) is 0 Å². The predicted molar refractivity (Wildman–Crippen MR) is 216 cm³/mol. The van der Waals surface area contributed by atoms with Gasteiger partial charge in [0.1, 0.15) is 11.2 Å². The number of rotatable bonds is 15. The summed E-state index contributed by atoms with van der Waals surface area (Å²) in [6.45, 7) is 6.17. The predicted octanol–water partition coefficient (Wildman–Crippen LogP) is 10.9. The average molecular weight is 688 g/mol.